The monoisotopic (exact) mass is 371 g/mol. The first-order chi connectivity index (χ1) is 13.2. The van der Waals surface area contributed by atoms with Crippen molar-refractivity contribution < 1.29 is 9.59 Å². The number of nitrogens with one attached hydrogen (secondary N) is 1. The summed E-state index contributed by atoms with van der Waals surface area (Å²) in [5.41, 5.74) is 2.04. The van der Waals surface area contributed by atoms with Gasteiger partial charge in [-0.1, -0.05) is 32.6 Å². The smallest absolute Gasteiger partial charge is 0.227 e. The Morgan fingerprint density at radius 1 is 1.00 bits per heavy atom. The zero-order valence-corrected chi connectivity index (χ0v) is 16.6. The highest BCUT2D eigenvalue weighted by Gasteiger charge is 2.22. The standard InChI is InChI=1S/C22H33N3O2/c1-2-3-9-21(26)25-16-14-24(15-17-25)20-12-10-19(11-13-20)23-22(27)18-7-5-4-6-8-18/h10-13,18H,2-9,14-17H2,1H3,(H,23,27). The average molecular weight is 372 g/mol. The van der Waals surface area contributed by atoms with Gasteiger partial charge in [0.15, 0.2) is 0 Å². The van der Waals surface area contributed by atoms with Crippen molar-refractivity contribution in [3.8, 4) is 0 Å². The van der Waals surface area contributed by atoms with Gasteiger partial charge in [0.1, 0.15) is 0 Å². The molecule has 3 rings (SSSR count). The van der Waals surface area contributed by atoms with Crippen LogP contribution in [0.4, 0.5) is 11.4 Å². The van der Waals surface area contributed by atoms with E-state index in [1.807, 2.05) is 17.0 Å². The Balaban J connectivity index is 1.48. The minimum Gasteiger partial charge on any atom is -0.368 e. The largest absolute Gasteiger partial charge is 0.368 e. The van der Waals surface area contributed by atoms with Gasteiger partial charge in [-0.15, -0.1) is 0 Å². The molecule has 1 saturated carbocycles. The Bertz CT molecular complexity index is 615. The van der Waals surface area contributed by atoms with Crippen molar-refractivity contribution in [2.75, 3.05) is 36.4 Å². The Kier molecular flexibility index (Phi) is 7.13. The van der Waals surface area contributed by atoms with Gasteiger partial charge in [-0.3, -0.25) is 9.59 Å². The van der Waals surface area contributed by atoms with Gasteiger partial charge in [0, 0.05) is 49.9 Å². The minimum atomic E-state index is 0.168. The van der Waals surface area contributed by atoms with E-state index in [-0.39, 0.29) is 17.7 Å². The highest BCUT2D eigenvalue weighted by molar-refractivity contribution is 5.92. The van der Waals surface area contributed by atoms with Crippen LogP contribution in [0.1, 0.15) is 58.3 Å². The van der Waals surface area contributed by atoms with Crippen LogP contribution in [0.5, 0.6) is 0 Å². The number of nitrogens with zero attached hydrogens (tertiary/aromatic N) is 2. The summed E-state index contributed by atoms with van der Waals surface area (Å²) in [4.78, 5) is 28.8. The van der Waals surface area contributed by atoms with Gasteiger partial charge < -0.3 is 15.1 Å². The van der Waals surface area contributed by atoms with E-state index in [0.717, 1.165) is 63.2 Å². The second-order valence-corrected chi connectivity index (χ2v) is 7.84. The van der Waals surface area contributed by atoms with Crippen LogP contribution in [-0.2, 0) is 9.59 Å². The molecule has 2 aliphatic rings. The van der Waals surface area contributed by atoms with Crippen molar-refractivity contribution in [1.82, 2.24) is 4.90 Å². The summed E-state index contributed by atoms with van der Waals surface area (Å²) in [6.45, 7) is 5.44. The molecular weight excluding hydrogens is 338 g/mol. The van der Waals surface area contributed by atoms with E-state index in [1.54, 1.807) is 0 Å². The van der Waals surface area contributed by atoms with E-state index in [0.29, 0.717) is 6.42 Å². The predicted octanol–water partition coefficient (Wildman–Crippen LogP) is 4.04. The van der Waals surface area contributed by atoms with Crippen molar-refractivity contribution in [3.05, 3.63) is 24.3 Å². The molecule has 1 aromatic carbocycles. The molecular formula is C22H33N3O2. The molecule has 1 saturated heterocycles. The van der Waals surface area contributed by atoms with Gasteiger partial charge in [0.05, 0.1) is 0 Å². The summed E-state index contributed by atoms with van der Waals surface area (Å²) in [5.74, 6) is 0.635. The van der Waals surface area contributed by atoms with E-state index in [4.69, 9.17) is 0 Å². The molecule has 0 unspecified atom stereocenters. The minimum absolute atomic E-state index is 0.168. The second-order valence-electron chi connectivity index (χ2n) is 7.84. The third kappa shape index (κ3) is 5.47. The summed E-state index contributed by atoms with van der Waals surface area (Å²) < 4.78 is 0. The maximum atomic E-state index is 12.4. The van der Waals surface area contributed by atoms with Gasteiger partial charge in [0.2, 0.25) is 11.8 Å². The Morgan fingerprint density at radius 3 is 2.30 bits per heavy atom. The lowest BCUT2D eigenvalue weighted by Gasteiger charge is -2.36. The number of anilines is 2. The summed E-state index contributed by atoms with van der Waals surface area (Å²) in [6, 6.07) is 8.14. The van der Waals surface area contributed by atoms with Gasteiger partial charge in [-0.2, -0.15) is 0 Å². The van der Waals surface area contributed by atoms with Crippen LogP contribution in [0.15, 0.2) is 24.3 Å². The molecule has 148 valence electrons. The molecule has 0 spiro atoms. The third-order valence-corrected chi connectivity index (χ3v) is 5.85. The van der Waals surface area contributed by atoms with E-state index in [2.05, 4.69) is 29.3 Å². The normalized spacial score (nSPS) is 18.4. The molecule has 0 bridgehead atoms. The number of hydrogen-bond donors (Lipinski definition) is 1. The predicted molar refractivity (Wildman–Crippen MR) is 110 cm³/mol. The molecule has 5 nitrogen and oxygen atoms in total. The number of carbonyl (C=O) groups excluding carboxylic acids is 2. The zero-order valence-electron chi connectivity index (χ0n) is 16.6. The number of rotatable bonds is 6. The Labute approximate surface area is 163 Å². The molecule has 1 aliphatic heterocycles. The van der Waals surface area contributed by atoms with Crippen LogP contribution in [0.25, 0.3) is 0 Å². The maximum Gasteiger partial charge on any atom is 0.227 e. The van der Waals surface area contributed by atoms with Crippen molar-refractivity contribution in [2.45, 2.75) is 58.3 Å². The molecule has 2 amide bonds. The fourth-order valence-electron chi connectivity index (χ4n) is 4.06. The highest BCUT2D eigenvalue weighted by atomic mass is 16.2. The molecule has 1 aromatic rings. The lowest BCUT2D eigenvalue weighted by atomic mass is 9.88. The first-order valence-corrected chi connectivity index (χ1v) is 10.6. The molecule has 2 fully saturated rings. The van der Waals surface area contributed by atoms with E-state index in [1.165, 1.54) is 19.3 Å². The number of amides is 2. The van der Waals surface area contributed by atoms with Gasteiger partial charge in [-0.25, -0.2) is 0 Å². The summed E-state index contributed by atoms with van der Waals surface area (Å²) in [7, 11) is 0. The first-order valence-electron chi connectivity index (χ1n) is 10.6. The Hall–Kier alpha value is -2.04. The molecule has 1 N–H and O–H groups in total. The van der Waals surface area contributed by atoms with Crippen LogP contribution < -0.4 is 10.2 Å². The number of hydrogen-bond acceptors (Lipinski definition) is 3. The fraction of sp³-hybridized carbons (Fsp3) is 0.636. The number of benzene rings is 1. The van der Waals surface area contributed by atoms with E-state index < -0.39 is 0 Å². The molecule has 1 heterocycles. The quantitative estimate of drug-likeness (QED) is 0.821. The zero-order chi connectivity index (χ0) is 19.1. The number of unbranched alkanes of at least 4 members (excludes halogenated alkanes) is 1. The summed E-state index contributed by atoms with van der Waals surface area (Å²) in [6.07, 6.45) is 8.36. The molecule has 0 radical (unpaired) electrons. The van der Waals surface area contributed by atoms with Crippen LogP contribution in [0, 0.1) is 5.92 Å². The van der Waals surface area contributed by atoms with Gasteiger partial charge in [0.25, 0.3) is 0 Å². The highest BCUT2D eigenvalue weighted by Crippen LogP contribution is 2.26. The third-order valence-electron chi connectivity index (χ3n) is 5.85. The Morgan fingerprint density at radius 2 is 1.67 bits per heavy atom. The maximum absolute atomic E-state index is 12.4. The van der Waals surface area contributed by atoms with Crippen LogP contribution in [0.3, 0.4) is 0 Å². The van der Waals surface area contributed by atoms with Crippen molar-refractivity contribution in [3.63, 3.8) is 0 Å². The summed E-state index contributed by atoms with van der Waals surface area (Å²) >= 11 is 0. The lowest BCUT2D eigenvalue weighted by molar-refractivity contribution is -0.131. The van der Waals surface area contributed by atoms with Gasteiger partial charge >= 0.3 is 0 Å². The molecule has 27 heavy (non-hydrogen) atoms. The van der Waals surface area contributed by atoms with E-state index >= 15 is 0 Å². The number of piperazine rings is 1. The van der Waals surface area contributed by atoms with Crippen LogP contribution >= 0.6 is 0 Å². The topological polar surface area (TPSA) is 52.7 Å². The molecule has 1 aliphatic carbocycles. The molecule has 0 atom stereocenters. The van der Waals surface area contributed by atoms with Crippen molar-refractivity contribution in [2.24, 2.45) is 5.92 Å². The second kappa shape index (κ2) is 9.77. The fourth-order valence-corrected chi connectivity index (χ4v) is 4.06. The molecule has 0 aromatic heterocycles. The van der Waals surface area contributed by atoms with E-state index in [9.17, 15) is 9.59 Å². The SMILES string of the molecule is CCCCC(=O)N1CCN(c2ccc(NC(=O)C3CCCCC3)cc2)CC1. The van der Waals surface area contributed by atoms with Crippen molar-refractivity contribution >= 4 is 23.2 Å². The van der Waals surface area contributed by atoms with Crippen LogP contribution in [-0.4, -0.2) is 42.9 Å². The van der Waals surface area contributed by atoms with Crippen molar-refractivity contribution in [1.29, 1.82) is 0 Å². The average Bonchev–Trinajstić information content (AvgIpc) is 2.73. The molecule has 5 heteroatoms. The van der Waals surface area contributed by atoms with Crippen LogP contribution in [0.2, 0.25) is 0 Å². The summed E-state index contributed by atoms with van der Waals surface area (Å²) in [5, 5.41) is 3.07. The first kappa shape index (κ1) is 19.7. The number of carbonyl (C=O) groups is 2. The van der Waals surface area contributed by atoms with Gasteiger partial charge in [-0.05, 0) is 43.5 Å². The lowest BCUT2D eigenvalue weighted by Crippen LogP contribution is -2.48.